The lowest BCUT2D eigenvalue weighted by Gasteiger charge is -2.14. The Morgan fingerprint density at radius 1 is 1.35 bits per heavy atom. The van der Waals surface area contributed by atoms with Crippen LogP contribution in [0.15, 0.2) is 28.7 Å². The summed E-state index contributed by atoms with van der Waals surface area (Å²) in [5.74, 6) is -0.206. The van der Waals surface area contributed by atoms with E-state index in [0.717, 1.165) is 27.8 Å². The number of aromatic nitrogens is 2. The van der Waals surface area contributed by atoms with Gasteiger partial charge in [0.15, 0.2) is 0 Å². The molecule has 20 heavy (non-hydrogen) atoms. The van der Waals surface area contributed by atoms with Crippen LogP contribution in [0.5, 0.6) is 0 Å². The molecule has 0 unspecified atom stereocenters. The minimum atomic E-state index is -0.206. The molecule has 0 amide bonds. The van der Waals surface area contributed by atoms with Gasteiger partial charge in [0, 0.05) is 19.6 Å². The summed E-state index contributed by atoms with van der Waals surface area (Å²) >= 11 is 3.61. The highest BCUT2D eigenvalue weighted by molar-refractivity contribution is 9.10. The first-order valence-corrected chi connectivity index (χ1v) is 7.51. The first-order chi connectivity index (χ1) is 9.52. The highest BCUT2D eigenvalue weighted by atomic mass is 79.9. The van der Waals surface area contributed by atoms with Crippen molar-refractivity contribution in [3.8, 4) is 0 Å². The van der Waals surface area contributed by atoms with Crippen molar-refractivity contribution in [2.24, 2.45) is 7.05 Å². The van der Waals surface area contributed by atoms with E-state index in [0.29, 0.717) is 6.54 Å². The molecular weight excluding hydrogens is 321 g/mol. The Balaban J connectivity index is 2.05. The Hall–Kier alpha value is -1.20. The topological polar surface area (TPSA) is 29.9 Å². The number of nitrogens with zero attached hydrogens (tertiary/aromatic N) is 2. The van der Waals surface area contributed by atoms with Gasteiger partial charge in [0.05, 0.1) is 15.9 Å². The second-order valence-electron chi connectivity index (χ2n) is 4.84. The molecule has 0 aliphatic heterocycles. The summed E-state index contributed by atoms with van der Waals surface area (Å²) in [7, 11) is 1.95. The Kier molecular flexibility index (Phi) is 4.94. The molecule has 0 aliphatic rings. The molecule has 0 aliphatic carbocycles. The van der Waals surface area contributed by atoms with Crippen LogP contribution < -0.4 is 5.32 Å². The number of rotatable bonds is 5. The summed E-state index contributed by atoms with van der Waals surface area (Å²) in [5.41, 5.74) is 3.26. The van der Waals surface area contributed by atoms with Crippen LogP contribution in [-0.2, 0) is 20.0 Å². The Labute approximate surface area is 127 Å². The van der Waals surface area contributed by atoms with Crippen molar-refractivity contribution in [1.82, 2.24) is 15.1 Å². The van der Waals surface area contributed by atoms with Crippen molar-refractivity contribution < 1.29 is 4.39 Å². The molecule has 1 aromatic carbocycles. The monoisotopic (exact) mass is 339 g/mol. The lowest BCUT2D eigenvalue weighted by molar-refractivity contribution is 0.545. The summed E-state index contributed by atoms with van der Waals surface area (Å²) in [6.45, 7) is 4.87. The normalized spacial score (nSPS) is 12.7. The Morgan fingerprint density at radius 3 is 2.55 bits per heavy atom. The van der Waals surface area contributed by atoms with Crippen molar-refractivity contribution in [3.63, 3.8) is 0 Å². The van der Waals surface area contributed by atoms with E-state index in [1.807, 2.05) is 23.9 Å². The first-order valence-electron chi connectivity index (χ1n) is 6.72. The number of hydrogen-bond acceptors (Lipinski definition) is 2. The van der Waals surface area contributed by atoms with Crippen LogP contribution in [0.1, 0.15) is 36.8 Å². The summed E-state index contributed by atoms with van der Waals surface area (Å²) in [4.78, 5) is 0. The highest BCUT2D eigenvalue weighted by Gasteiger charge is 2.13. The fourth-order valence-corrected chi connectivity index (χ4v) is 2.89. The maximum absolute atomic E-state index is 12.9. The van der Waals surface area contributed by atoms with E-state index in [1.54, 1.807) is 0 Å². The van der Waals surface area contributed by atoms with E-state index < -0.39 is 0 Å². The molecular formula is C15H19BrFN3. The first kappa shape index (κ1) is 15.2. The van der Waals surface area contributed by atoms with Crippen LogP contribution in [-0.4, -0.2) is 9.78 Å². The standard InChI is InChI=1S/C15H19BrFN3/c1-4-13-15(16)14(20(3)19-13)9-18-10(2)11-5-7-12(17)8-6-11/h5-8,10,18H,4,9H2,1-3H3/t10-/m1/s1. The Bertz CT molecular complexity index is 578. The van der Waals surface area contributed by atoms with E-state index in [1.165, 1.54) is 12.1 Å². The molecule has 108 valence electrons. The minimum Gasteiger partial charge on any atom is -0.305 e. The van der Waals surface area contributed by atoms with Crippen molar-refractivity contribution >= 4 is 15.9 Å². The van der Waals surface area contributed by atoms with E-state index >= 15 is 0 Å². The van der Waals surface area contributed by atoms with Gasteiger partial charge >= 0.3 is 0 Å². The van der Waals surface area contributed by atoms with E-state index in [-0.39, 0.29) is 11.9 Å². The number of aryl methyl sites for hydroxylation is 2. The maximum Gasteiger partial charge on any atom is 0.123 e. The summed E-state index contributed by atoms with van der Waals surface area (Å²) in [6, 6.07) is 6.75. The predicted molar refractivity (Wildman–Crippen MR) is 81.9 cm³/mol. The average Bonchev–Trinajstić information content (AvgIpc) is 2.71. The van der Waals surface area contributed by atoms with Gasteiger partial charge in [-0.1, -0.05) is 19.1 Å². The van der Waals surface area contributed by atoms with Gasteiger partial charge in [0.1, 0.15) is 5.82 Å². The van der Waals surface area contributed by atoms with Gasteiger partial charge in [0.25, 0.3) is 0 Å². The molecule has 0 radical (unpaired) electrons. The summed E-state index contributed by atoms with van der Waals surface area (Å²) in [5, 5.41) is 7.91. The van der Waals surface area contributed by atoms with Gasteiger partial charge < -0.3 is 5.32 Å². The minimum absolute atomic E-state index is 0.155. The predicted octanol–water partition coefficient (Wildman–Crippen LogP) is 3.73. The molecule has 1 N–H and O–H groups in total. The molecule has 0 bridgehead atoms. The lowest BCUT2D eigenvalue weighted by Crippen LogP contribution is -2.20. The molecule has 0 fully saturated rings. The number of halogens is 2. The second kappa shape index (κ2) is 6.50. The SMILES string of the molecule is CCc1nn(C)c(CN[C@H](C)c2ccc(F)cc2)c1Br. The molecule has 0 saturated carbocycles. The van der Waals surface area contributed by atoms with Crippen molar-refractivity contribution in [2.45, 2.75) is 32.9 Å². The van der Waals surface area contributed by atoms with Gasteiger partial charge in [-0.3, -0.25) is 4.68 Å². The fraction of sp³-hybridized carbons (Fsp3) is 0.400. The van der Waals surface area contributed by atoms with E-state index in [2.05, 4.69) is 40.2 Å². The number of benzene rings is 1. The van der Waals surface area contributed by atoms with Crippen LogP contribution in [0.25, 0.3) is 0 Å². The molecule has 0 spiro atoms. The van der Waals surface area contributed by atoms with Crippen molar-refractivity contribution in [2.75, 3.05) is 0 Å². The van der Waals surface area contributed by atoms with Crippen LogP contribution in [0.3, 0.4) is 0 Å². The van der Waals surface area contributed by atoms with Crippen LogP contribution in [0, 0.1) is 5.82 Å². The molecule has 3 nitrogen and oxygen atoms in total. The average molecular weight is 340 g/mol. The van der Waals surface area contributed by atoms with Gasteiger partial charge in [0.2, 0.25) is 0 Å². The quantitative estimate of drug-likeness (QED) is 0.899. The van der Waals surface area contributed by atoms with Crippen molar-refractivity contribution in [3.05, 3.63) is 51.5 Å². The fourth-order valence-electron chi connectivity index (χ4n) is 2.13. The zero-order valence-corrected chi connectivity index (χ0v) is 13.5. The molecule has 0 saturated heterocycles. The van der Waals surface area contributed by atoms with Gasteiger partial charge in [-0.25, -0.2) is 4.39 Å². The summed E-state index contributed by atoms with van der Waals surface area (Å²) in [6.07, 6.45) is 0.905. The van der Waals surface area contributed by atoms with Crippen LogP contribution >= 0.6 is 15.9 Å². The molecule has 1 aromatic heterocycles. The molecule has 2 rings (SSSR count). The van der Waals surface area contributed by atoms with Crippen molar-refractivity contribution in [1.29, 1.82) is 0 Å². The van der Waals surface area contributed by atoms with E-state index in [9.17, 15) is 4.39 Å². The molecule has 2 aromatic rings. The third-order valence-electron chi connectivity index (χ3n) is 3.45. The maximum atomic E-state index is 12.9. The van der Waals surface area contributed by atoms with Gasteiger partial charge in [-0.2, -0.15) is 5.10 Å². The zero-order chi connectivity index (χ0) is 14.7. The smallest absolute Gasteiger partial charge is 0.123 e. The molecule has 5 heteroatoms. The zero-order valence-electron chi connectivity index (χ0n) is 12.0. The molecule has 1 atom stereocenters. The molecule has 1 heterocycles. The largest absolute Gasteiger partial charge is 0.305 e. The van der Waals surface area contributed by atoms with Crippen LogP contribution in [0.2, 0.25) is 0 Å². The number of hydrogen-bond donors (Lipinski definition) is 1. The summed E-state index contributed by atoms with van der Waals surface area (Å²) < 4.78 is 15.9. The highest BCUT2D eigenvalue weighted by Crippen LogP contribution is 2.22. The second-order valence-corrected chi connectivity index (χ2v) is 5.63. The van der Waals surface area contributed by atoms with Crippen LogP contribution in [0.4, 0.5) is 4.39 Å². The van der Waals surface area contributed by atoms with Gasteiger partial charge in [-0.05, 0) is 47.0 Å². The third kappa shape index (κ3) is 3.27. The van der Waals surface area contributed by atoms with E-state index in [4.69, 9.17) is 0 Å². The lowest BCUT2D eigenvalue weighted by atomic mass is 10.1. The third-order valence-corrected chi connectivity index (χ3v) is 4.36. The number of nitrogens with one attached hydrogen (secondary N) is 1. The van der Waals surface area contributed by atoms with Gasteiger partial charge in [-0.15, -0.1) is 0 Å². The Morgan fingerprint density at radius 2 is 2.00 bits per heavy atom.